The largest absolute Gasteiger partial charge is 0.490 e. The molecule has 0 radical (unpaired) electrons. The quantitative estimate of drug-likeness (QED) is 0.810. The summed E-state index contributed by atoms with van der Waals surface area (Å²) < 4.78 is 11.2. The summed E-state index contributed by atoms with van der Waals surface area (Å²) in [6, 6.07) is 5.90. The van der Waals surface area contributed by atoms with Crippen LogP contribution in [-0.4, -0.2) is 44.9 Å². The van der Waals surface area contributed by atoms with Gasteiger partial charge in [-0.2, -0.15) is 0 Å². The van der Waals surface area contributed by atoms with Gasteiger partial charge in [-0.3, -0.25) is 4.79 Å². The van der Waals surface area contributed by atoms with E-state index in [-0.39, 0.29) is 12.0 Å². The third-order valence-corrected chi connectivity index (χ3v) is 3.45. The molecule has 1 N–H and O–H groups in total. The highest BCUT2D eigenvalue weighted by Crippen LogP contribution is 2.32. The number of carbonyl (C=O) groups is 1. The normalized spacial score (nSPS) is 22.6. The molecule has 102 valence electrons. The molecular weight excluding hydrogens is 244 g/mol. The second-order valence-electron chi connectivity index (χ2n) is 4.87. The summed E-state index contributed by atoms with van der Waals surface area (Å²) in [5.41, 5.74) is 1.97. The van der Waals surface area contributed by atoms with Crippen LogP contribution < -0.4 is 15.0 Å². The molecule has 0 aliphatic carbocycles. The van der Waals surface area contributed by atoms with E-state index in [2.05, 4.69) is 5.32 Å². The summed E-state index contributed by atoms with van der Waals surface area (Å²) in [6.07, 6.45) is -0.388. The molecule has 1 fully saturated rings. The first-order valence-corrected chi connectivity index (χ1v) is 6.63. The predicted molar refractivity (Wildman–Crippen MR) is 71.6 cm³/mol. The first-order chi connectivity index (χ1) is 9.25. The van der Waals surface area contributed by atoms with Crippen LogP contribution in [0.15, 0.2) is 18.2 Å². The zero-order valence-electron chi connectivity index (χ0n) is 11.0. The summed E-state index contributed by atoms with van der Waals surface area (Å²) in [7, 11) is 0. The van der Waals surface area contributed by atoms with Gasteiger partial charge in [-0.15, -0.1) is 0 Å². The van der Waals surface area contributed by atoms with Crippen molar-refractivity contribution >= 4 is 11.6 Å². The van der Waals surface area contributed by atoms with Crippen LogP contribution in [0.3, 0.4) is 0 Å². The van der Waals surface area contributed by atoms with Crippen LogP contribution in [0.5, 0.6) is 5.75 Å². The van der Waals surface area contributed by atoms with E-state index in [9.17, 15) is 4.79 Å². The second-order valence-corrected chi connectivity index (χ2v) is 4.87. The molecule has 1 aromatic rings. The third kappa shape index (κ3) is 2.43. The first-order valence-electron chi connectivity index (χ1n) is 6.63. The highest BCUT2D eigenvalue weighted by molar-refractivity contribution is 5.98. The van der Waals surface area contributed by atoms with Crippen LogP contribution in [0.1, 0.15) is 5.56 Å². The first kappa shape index (κ1) is 12.4. The third-order valence-electron chi connectivity index (χ3n) is 3.45. The molecular formula is C14H18N2O3. The van der Waals surface area contributed by atoms with Crippen molar-refractivity contribution in [2.75, 3.05) is 37.7 Å². The van der Waals surface area contributed by atoms with Crippen molar-refractivity contribution in [2.45, 2.75) is 13.0 Å². The monoisotopic (exact) mass is 262 g/mol. The molecule has 0 saturated carbocycles. The Morgan fingerprint density at radius 3 is 3.11 bits per heavy atom. The molecule has 2 aliphatic rings. The number of nitrogens with zero attached hydrogens (tertiary/aromatic N) is 1. The second kappa shape index (κ2) is 5.19. The van der Waals surface area contributed by atoms with E-state index in [1.54, 1.807) is 4.90 Å². The molecule has 3 rings (SSSR count). The molecule has 0 aromatic heterocycles. The van der Waals surface area contributed by atoms with Crippen molar-refractivity contribution in [3.05, 3.63) is 23.8 Å². The fraction of sp³-hybridized carbons (Fsp3) is 0.500. The highest BCUT2D eigenvalue weighted by atomic mass is 16.5. The number of anilines is 1. The molecule has 5 nitrogen and oxygen atoms in total. The van der Waals surface area contributed by atoms with E-state index in [1.165, 1.54) is 0 Å². The lowest BCUT2D eigenvalue weighted by Crippen LogP contribution is -2.51. The van der Waals surface area contributed by atoms with Gasteiger partial charge in [0.15, 0.2) is 0 Å². The molecule has 1 atom stereocenters. The topological polar surface area (TPSA) is 50.8 Å². The Balaban J connectivity index is 1.84. The van der Waals surface area contributed by atoms with Gasteiger partial charge in [-0.1, -0.05) is 6.07 Å². The molecule has 0 bridgehead atoms. The minimum Gasteiger partial charge on any atom is -0.490 e. The maximum absolute atomic E-state index is 12.5. The van der Waals surface area contributed by atoms with Crippen LogP contribution in [0.4, 0.5) is 5.69 Å². The number of hydrogen-bond acceptors (Lipinski definition) is 4. The summed E-state index contributed by atoms with van der Waals surface area (Å²) in [4.78, 5) is 14.3. The molecule has 19 heavy (non-hydrogen) atoms. The van der Waals surface area contributed by atoms with Crippen LogP contribution in [0.2, 0.25) is 0 Å². The number of aryl methyl sites for hydroxylation is 1. The van der Waals surface area contributed by atoms with E-state index in [0.29, 0.717) is 26.3 Å². The van der Waals surface area contributed by atoms with Gasteiger partial charge in [0.1, 0.15) is 18.5 Å². The van der Waals surface area contributed by atoms with Gasteiger partial charge in [-0.25, -0.2) is 0 Å². The lowest BCUT2D eigenvalue weighted by atomic mass is 10.1. The molecule has 1 unspecified atom stereocenters. The molecule has 0 spiro atoms. The fourth-order valence-corrected chi connectivity index (χ4v) is 2.45. The number of fused-ring (bicyclic) bond motifs is 1. The van der Waals surface area contributed by atoms with E-state index >= 15 is 0 Å². The van der Waals surface area contributed by atoms with Gasteiger partial charge in [0, 0.05) is 13.1 Å². The Kier molecular flexibility index (Phi) is 3.40. The van der Waals surface area contributed by atoms with E-state index in [0.717, 1.165) is 23.5 Å². The fourth-order valence-electron chi connectivity index (χ4n) is 2.45. The molecule has 1 aromatic carbocycles. The standard InChI is InChI=1S/C14H18N2O3/c1-10-2-3-11-12(8-10)19-7-5-16(11)14(17)13-9-15-4-6-18-13/h2-3,8,13,15H,4-7,9H2,1H3. The number of carbonyl (C=O) groups excluding carboxylic acids is 1. The van der Waals surface area contributed by atoms with Gasteiger partial charge in [-0.05, 0) is 24.6 Å². The number of hydrogen-bond donors (Lipinski definition) is 1. The maximum Gasteiger partial charge on any atom is 0.257 e. The lowest BCUT2D eigenvalue weighted by Gasteiger charge is -2.33. The number of nitrogens with one attached hydrogen (secondary N) is 1. The highest BCUT2D eigenvalue weighted by Gasteiger charge is 2.31. The number of ether oxygens (including phenoxy) is 2. The Morgan fingerprint density at radius 1 is 1.42 bits per heavy atom. The smallest absolute Gasteiger partial charge is 0.257 e. The van der Waals surface area contributed by atoms with Crippen molar-refractivity contribution in [3.8, 4) is 5.75 Å². The van der Waals surface area contributed by atoms with Crippen molar-refractivity contribution in [1.29, 1.82) is 0 Å². The van der Waals surface area contributed by atoms with Crippen molar-refractivity contribution < 1.29 is 14.3 Å². The number of amides is 1. The van der Waals surface area contributed by atoms with E-state index in [1.807, 2.05) is 25.1 Å². The van der Waals surface area contributed by atoms with E-state index in [4.69, 9.17) is 9.47 Å². The Morgan fingerprint density at radius 2 is 2.32 bits per heavy atom. The average molecular weight is 262 g/mol. The maximum atomic E-state index is 12.5. The lowest BCUT2D eigenvalue weighted by molar-refractivity contribution is -0.131. The number of benzene rings is 1. The molecule has 1 amide bonds. The van der Waals surface area contributed by atoms with Crippen LogP contribution in [0, 0.1) is 6.92 Å². The minimum absolute atomic E-state index is 0.0144. The average Bonchev–Trinajstić information content (AvgIpc) is 2.46. The Hall–Kier alpha value is -1.59. The number of rotatable bonds is 1. The van der Waals surface area contributed by atoms with Crippen molar-refractivity contribution in [3.63, 3.8) is 0 Å². The summed E-state index contributed by atoms with van der Waals surface area (Å²) in [6.45, 7) is 5.09. The molecule has 2 heterocycles. The molecule has 1 saturated heterocycles. The van der Waals surface area contributed by atoms with Crippen LogP contribution >= 0.6 is 0 Å². The van der Waals surface area contributed by atoms with Crippen LogP contribution in [-0.2, 0) is 9.53 Å². The van der Waals surface area contributed by atoms with Gasteiger partial charge < -0.3 is 19.7 Å². The zero-order chi connectivity index (χ0) is 13.2. The van der Waals surface area contributed by atoms with Gasteiger partial charge in [0.25, 0.3) is 5.91 Å². The van der Waals surface area contributed by atoms with Gasteiger partial charge in [0.05, 0.1) is 18.8 Å². The SMILES string of the molecule is Cc1ccc2c(c1)OCCN2C(=O)C1CNCCO1. The Bertz CT molecular complexity index is 484. The number of morpholine rings is 1. The summed E-state index contributed by atoms with van der Waals surface area (Å²) >= 11 is 0. The Labute approximate surface area is 112 Å². The van der Waals surface area contributed by atoms with Gasteiger partial charge in [0.2, 0.25) is 0 Å². The van der Waals surface area contributed by atoms with Crippen molar-refractivity contribution in [2.24, 2.45) is 0 Å². The molecule has 5 heteroatoms. The summed E-state index contributed by atoms with van der Waals surface area (Å²) in [5, 5.41) is 3.18. The summed E-state index contributed by atoms with van der Waals surface area (Å²) in [5.74, 6) is 0.795. The van der Waals surface area contributed by atoms with E-state index < -0.39 is 0 Å². The molecule has 2 aliphatic heterocycles. The zero-order valence-corrected chi connectivity index (χ0v) is 11.0. The van der Waals surface area contributed by atoms with Crippen LogP contribution in [0.25, 0.3) is 0 Å². The van der Waals surface area contributed by atoms with Gasteiger partial charge >= 0.3 is 0 Å². The predicted octanol–water partition coefficient (Wildman–Crippen LogP) is 0.709. The van der Waals surface area contributed by atoms with Crippen molar-refractivity contribution in [1.82, 2.24) is 5.32 Å². The minimum atomic E-state index is -0.388.